The molecule has 2 aliphatic rings. The molecule has 1 unspecified atom stereocenters. The van der Waals surface area contributed by atoms with E-state index in [0.717, 1.165) is 25.9 Å². The van der Waals surface area contributed by atoms with Gasteiger partial charge in [-0.2, -0.15) is 0 Å². The number of ether oxygens (including phenoxy) is 6. The number of benzene rings is 1. The van der Waals surface area contributed by atoms with Gasteiger partial charge in [-0.3, -0.25) is 0 Å². The van der Waals surface area contributed by atoms with Crippen LogP contribution in [-0.2, 0) is 53.1 Å². The summed E-state index contributed by atoms with van der Waals surface area (Å²) in [5.74, 6) is -0.917. The SMILES string of the molecule is C=C[C@](C)(O[Si](C)(C)C(C)(C)C)[C@@H](CCCOCc1c(Cl)cc(Cl)cc1Cl)OC(CC[C@@]1(C)O[C@H]2[C@@H](O[Si](C(C)C)(C(C)C)C(C)C)C[C@@H](CCCO[Si](C(C)C)(C(C)C)C(C)C)O[C@@H]2C[C@@H]1O/C=C\[CH2][Sn]([CH2]CCC)([CH2]CCC)[CH2]CCC)OC(=O)CCl. The van der Waals surface area contributed by atoms with Crippen molar-refractivity contribution in [2.24, 2.45) is 0 Å². The van der Waals surface area contributed by atoms with Gasteiger partial charge in [0.15, 0.2) is 16.6 Å². The number of hydrogen-bond donors (Lipinski definition) is 0. The van der Waals surface area contributed by atoms with Gasteiger partial charge in [0, 0.05) is 27.2 Å². The number of rotatable bonds is 43. The molecule has 0 aliphatic carbocycles. The van der Waals surface area contributed by atoms with Gasteiger partial charge in [-0.05, 0) is 60.2 Å². The van der Waals surface area contributed by atoms with Crippen LogP contribution >= 0.6 is 46.4 Å². The first-order valence-electron chi connectivity index (χ1n) is 35.0. The number of alkyl halides is 1. The molecule has 2 heterocycles. The van der Waals surface area contributed by atoms with Crippen LogP contribution in [0.4, 0.5) is 0 Å². The molecule has 0 bridgehead atoms. The van der Waals surface area contributed by atoms with Gasteiger partial charge in [-0.1, -0.05) is 145 Å². The van der Waals surface area contributed by atoms with Crippen LogP contribution in [0.3, 0.4) is 0 Å². The minimum absolute atomic E-state index is 0.0402. The zero-order valence-electron chi connectivity index (χ0n) is 60.3. The van der Waals surface area contributed by atoms with Gasteiger partial charge < -0.3 is 13.6 Å². The molecular weight excluding hydrogens is 1360 g/mol. The summed E-state index contributed by atoms with van der Waals surface area (Å²) in [4.78, 5) is 13.6. The Bertz CT molecular complexity index is 2180. The third-order valence-corrected chi connectivity index (χ3v) is 54.2. The van der Waals surface area contributed by atoms with E-state index in [1.807, 2.05) is 19.3 Å². The summed E-state index contributed by atoms with van der Waals surface area (Å²) in [7, 11) is -6.97. The molecule has 0 aromatic heterocycles. The molecule has 0 amide bonds. The maximum absolute atomic E-state index is 13.6. The summed E-state index contributed by atoms with van der Waals surface area (Å²) in [6, 6.07) is 3.33. The number of carbonyl (C=O) groups excluding carboxylic acids is 1. The van der Waals surface area contributed by atoms with Gasteiger partial charge >= 0.3 is 290 Å². The van der Waals surface area contributed by atoms with Crippen molar-refractivity contribution in [1.29, 1.82) is 0 Å². The molecule has 9 atom stereocenters. The molecule has 0 N–H and O–H groups in total. The van der Waals surface area contributed by atoms with Crippen LogP contribution in [0.5, 0.6) is 0 Å². The van der Waals surface area contributed by atoms with Crippen LogP contribution in [0, 0.1) is 0 Å². The zero-order chi connectivity index (χ0) is 67.3. The van der Waals surface area contributed by atoms with Gasteiger partial charge in [-0.25, -0.2) is 0 Å². The van der Waals surface area contributed by atoms with Crippen molar-refractivity contribution >= 4 is 95.7 Å². The summed E-state index contributed by atoms with van der Waals surface area (Å²) in [5, 5.41) is 1.22. The minimum Gasteiger partial charge on any atom is -0.114 e. The fraction of sp³-hybridized carbons (Fsp3) is 0.845. The molecule has 0 radical (unpaired) electrons. The summed E-state index contributed by atoms with van der Waals surface area (Å²) in [6.07, 6.45) is 15.8. The predicted octanol–water partition coefficient (Wildman–Crippen LogP) is 23.2. The molecular formula is C71H130Cl4O10Si3Sn. The van der Waals surface area contributed by atoms with Crippen LogP contribution < -0.4 is 0 Å². The Morgan fingerprint density at radius 3 is 1.80 bits per heavy atom. The molecule has 2 aliphatic heterocycles. The van der Waals surface area contributed by atoms with Crippen molar-refractivity contribution in [3.05, 3.63) is 57.8 Å². The second kappa shape index (κ2) is 38.4. The van der Waals surface area contributed by atoms with Crippen LogP contribution in [-0.4, -0.2) is 123 Å². The van der Waals surface area contributed by atoms with E-state index in [4.69, 9.17) is 88.1 Å². The van der Waals surface area contributed by atoms with Gasteiger partial charge in [-0.15, -0.1) is 18.2 Å². The molecule has 0 spiro atoms. The Balaban J connectivity index is 2.22. The van der Waals surface area contributed by atoms with Crippen LogP contribution in [0.25, 0.3) is 0 Å². The number of allylic oxidation sites excluding steroid dienone is 1. The van der Waals surface area contributed by atoms with Gasteiger partial charge in [0.1, 0.15) is 0 Å². The Morgan fingerprint density at radius 1 is 0.775 bits per heavy atom. The van der Waals surface area contributed by atoms with E-state index in [1.54, 1.807) is 12.1 Å². The Labute approximate surface area is 572 Å². The van der Waals surface area contributed by atoms with Crippen molar-refractivity contribution in [2.75, 3.05) is 19.1 Å². The molecule has 2 saturated heterocycles. The first-order valence-corrected chi connectivity index (χ1v) is 51.9. The summed E-state index contributed by atoms with van der Waals surface area (Å²) >= 11 is 23.1. The van der Waals surface area contributed by atoms with Crippen molar-refractivity contribution in [1.82, 2.24) is 0 Å². The molecule has 1 aromatic rings. The van der Waals surface area contributed by atoms with E-state index in [9.17, 15) is 4.79 Å². The zero-order valence-corrected chi connectivity index (χ0v) is 69.1. The average Bonchev–Trinajstić information content (AvgIpc) is 0.944. The second-order valence-electron chi connectivity index (χ2n) is 30.5. The Kier molecular flexibility index (Phi) is 36.1. The van der Waals surface area contributed by atoms with Crippen LogP contribution in [0.1, 0.15) is 234 Å². The number of esters is 1. The summed E-state index contributed by atoms with van der Waals surface area (Å²) in [5.41, 5.74) is 1.42. The molecule has 518 valence electrons. The van der Waals surface area contributed by atoms with Crippen LogP contribution in [0.2, 0.25) is 84.2 Å². The molecule has 0 saturated carbocycles. The normalized spacial score (nSPS) is 22.2. The molecule has 1 aromatic carbocycles. The number of halogens is 4. The average molecular weight is 1490 g/mol. The summed E-state index contributed by atoms with van der Waals surface area (Å²) < 4.78 is 69.9. The van der Waals surface area contributed by atoms with E-state index < -0.39 is 79.0 Å². The van der Waals surface area contributed by atoms with E-state index in [1.165, 1.54) is 56.3 Å². The van der Waals surface area contributed by atoms with E-state index >= 15 is 0 Å². The van der Waals surface area contributed by atoms with Crippen molar-refractivity contribution in [2.45, 2.75) is 358 Å². The monoisotopic (exact) mass is 1490 g/mol. The van der Waals surface area contributed by atoms with E-state index in [0.29, 0.717) is 86.2 Å². The van der Waals surface area contributed by atoms with E-state index in [-0.39, 0.29) is 48.4 Å². The number of fused-ring (bicyclic) bond motifs is 1. The molecule has 89 heavy (non-hydrogen) atoms. The number of carbonyl (C=O) groups is 1. The van der Waals surface area contributed by atoms with Gasteiger partial charge in [0.05, 0.1) is 6.61 Å². The molecule has 18 heteroatoms. The standard InChI is InChI=1S/C59H103Cl4O10Si3.3C4H9.Sn/c1-22-30-66-53-36-50-56(51(72-76(42(9)10,43(11)12)44(13)14)35-46(68-50)26-24-32-67-75(39(3)4,40(5)6)41(7)8)71-59(53,19)29-28-55(70-54(64)37-60)69-52(58(18,23-2)73-74(20,21)57(15,16)17)27-25-31-65-38-47-48(62)33-45(61)34-49(47)63;3*1-3-4-2;/h22-23,30,33-34,39-44,46,50-53,55-56H,1-2,24-29,31-32,35-38H2,3-21H3;3*1,3-4H2,2H3;/b30-22-;;;;/t46-,50-,51+,52-,53+,55?,56-,58+,59-;;;;/m1..../s1. The topological polar surface area (TPSA) is 100 Å². The predicted molar refractivity (Wildman–Crippen MR) is 389 cm³/mol. The molecule has 10 nitrogen and oxygen atoms in total. The van der Waals surface area contributed by atoms with Gasteiger partial charge in [0.2, 0.25) is 0 Å². The summed E-state index contributed by atoms with van der Waals surface area (Å²) in [6.45, 7) is 56.4. The first-order chi connectivity index (χ1) is 41.5. The van der Waals surface area contributed by atoms with E-state index in [2.05, 4.69) is 157 Å². The quantitative estimate of drug-likeness (QED) is 0.0120. The van der Waals surface area contributed by atoms with Crippen LogP contribution in [0.15, 0.2) is 37.1 Å². The second-order valence-corrected chi connectivity index (χ2v) is 61.6. The maximum atomic E-state index is 13.6. The fourth-order valence-electron chi connectivity index (χ4n) is 15.0. The van der Waals surface area contributed by atoms with Crippen molar-refractivity contribution in [3.63, 3.8) is 0 Å². The third kappa shape index (κ3) is 23.5. The molecule has 3 rings (SSSR count). The third-order valence-electron chi connectivity index (χ3n) is 21.0. The number of hydrogen-bond acceptors (Lipinski definition) is 10. The first kappa shape index (κ1) is 83.5. The molecule has 2 fully saturated rings. The Morgan fingerprint density at radius 2 is 1.31 bits per heavy atom. The smallest absolute Gasteiger partial charge is 0.114 e. The number of unbranched alkanes of at least 4 members (excludes halogenated alkanes) is 3. The van der Waals surface area contributed by atoms with Gasteiger partial charge in [0.25, 0.3) is 0 Å². The minimum atomic E-state index is -2.58. The van der Waals surface area contributed by atoms with Crippen molar-refractivity contribution < 1.29 is 46.5 Å². The fourth-order valence-corrected chi connectivity index (χ4v) is 43.8. The Hall–Kier alpha value is 0.299. The van der Waals surface area contributed by atoms with Crippen molar-refractivity contribution in [3.8, 4) is 0 Å².